The quantitative estimate of drug-likeness (QED) is 0.704. The number of amides is 1. The van der Waals surface area contributed by atoms with E-state index in [1.165, 1.54) is 6.34 Å². The molecule has 0 saturated heterocycles. The predicted molar refractivity (Wildman–Crippen MR) is 65.9 cm³/mol. The molecule has 16 heavy (non-hydrogen) atoms. The fourth-order valence-electron chi connectivity index (χ4n) is 1.61. The minimum atomic E-state index is -0.284. The summed E-state index contributed by atoms with van der Waals surface area (Å²) in [7, 11) is 3.91. The third-order valence-corrected chi connectivity index (χ3v) is 2.45. The molecule has 2 rings (SSSR count). The molecular weight excluding hydrogens is 202 g/mol. The molecular formula is C12H13N3O. The van der Waals surface area contributed by atoms with Crippen molar-refractivity contribution in [1.29, 1.82) is 0 Å². The lowest BCUT2D eigenvalue weighted by Crippen LogP contribution is -2.21. The van der Waals surface area contributed by atoms with Crippen LogP contribution in [0.5, 0.6) is 0 Å². The summed E-state index contributed by atoms with van der Waals surface area (Å²) in [6.45, 7) is 3.73. The Bertz CT molecular complexity index is 477. The van der Waals surface area contributed by atoms with Gasteiger partial charge in [-0.15, -0.1) is 0 Å². The summed E-state index contributed by atoms with van der Waals surface area (Å²) in [5.74, 6) is -0.284. The van der Waals surface area contributed by atoms with Crippen LogP contribution in [0.25, 0.3) is 0 Å². The molecule has 0 spiro atoms. The SMILES string of the molecule is C=C1C(=O)N=CN1c1ccccc1N(C)C. The first-order valence-corrected chi connectivity index (χ1v) is 4.94. The molecule has 82 valence electrons. The molecule has 1 aliphatic heterocycles. The molecule has 1 amide bonds. The third-order valence-electron chi connectivity index (χ3n) is 2.45. The first-order valence-electron chi connectivity index (χ1n) is 4.94. The summed E-state index contributed by atoms with van der Waals surface area (Å²) in [5.41, 5.74) is 2.31. The molecule has 1 heterocycles. The Balaban J connectivity index is 2.45. The molecule has 0 radical (unpaired) electrons. The van der Waals surface area contributed by atoms with Crippen LogP contribution in [-0.4, -0.2) is 26.3 Å². The number of carbonyl (C=O) groups excluding carboxylic acids is 1. The number of rotatable bonds is 2. The van der Waals surface area contributed by atoms with Crippen LogP contribution in [0.15, 0.2) is 41.5 Å². The van der Waals surface area contributed by atoms with Crippen molar-refractivity contribution in [2.75, 3.05) is 23.9 Å². The maximum atomic E-state index is 11.3. The van der Waals surface area contributed by atoms with E-state index in [0.29, 0.717) is 5.70 Å². The smallest absolute Gasteiger partial charge is 0.294 e. The van der Waals surface area contributed by atoms with Crippen molar-refractivity contribution >= 4 is 23.6 Å². The highest BCUT2D eigenvalue weighted by Crippen LogP contribution is 2.30. The molecule has 0 fully saturated rings. The fraction of sp³-hybridized carbons (Fsp3) is 0.167. The summed E-state index contributed by atoms with van der Waals surface area (Å²) in [5, 5.41) is 0. The van der Waals surface area contributed by atoms with Crippen LogP contribution in [0, 0.1) is 0 Å². The van der Waals surface area contributed by atoms with Gasteiger partial charge in [0.25, 0.3) is 5.91 Å². The zero-order valence-electron chi connectivity index (χ0n) is 9.34. The molecule has 4 nitrogen and oxygen atoms in total. The van der Waals surface area contributed by atoms with Gasteiger partial charge in [-0.25, -0.2) is 0 Å². The number of hydrogen-bond acceptors (Lipinski definition) is 3. The summed E-state index contributed by atoms with van der Waals surface area (Å²) in [4.78, 5) is 18.7. The van der Waals surface area contributed by atoms with Crippen molar-refractivity contribution in [1.82, 2.24) is 0 Å². The Morgan fingerprint density at radius 3 is 2.56 bits per heavy atom. The lowest BCUT2D eigenvalue weighted by molar-refractivity contribution is -0.113. The molecule has 0 atom stereocenters. The van der Waals surface area contributed by atoms with Crippen LogP contribution >= 0.6 is 0 Å². The van der Waals surface area contributed by atoms with Crippen LogP contribution in [0.1, 0.15) is 0 Å². The van der Waals surface area contributed by atoms with E-state index < -0.39 is 0 Å². The predicted octanol–water partition coefficient (Wildman–Crippen LogP) is 1.64. The zero-order chi connectivity index (χ0) is 11.7. The van der Waals surface area contributed by atoms with Gasteiger partial charge in [-0.3, -0.25) is 9.69 Å². The number of para-hydroxylation sites is 2. The Morgan fingerprint density at radius 1 is 1.31 bits per heavy atom. The molecule has 1 aromatic carbocycles. The number of aliphatic imine (C=N–C) groups is 1. The number of anilines is 2. The summed E-state index contributed by atoms with van der Waals surface area (Å²) >= 11 is 0. The summed E-state index contributed by atoms with van der Waals surface area (Å²) < 4.78 is 0. The molecule has 1 aromatic rings. The fourth-order valence-corrected chi connectivity index (χ4v) is 1.61. The minimum absolute atomic E-state index is 0.284. The number of nitrogens with zero attached hydrogens (tertiary/aromatic N) is 3. The lowest BCUT2D eigenvalue weighted by atomic mass is 10.2. The van der Waals surface area contributed by atoms with Gasteiger partial charge in [-0.2, -0.15) is 4.99 Å². The van der Waals surface area contributed by atoms with E-state index in [0.717, 1.165) is 11.4 Å². The molecule has 0 aliphatic carbocycles. The average molecular weight is 215 g/mol. The Labute approximate surface area is 94.5 Å². The highest BCUT2D eigenvalue weighted by molar-refractivity contribution is 6.14. The maximum absolute atomic E-state index is 11.3. The van der Waals surface area contributed by atoms with Crippen molar-refractivity contribution in [3.63, 3.8) is 0 Å². The lowest BCUT2D eigenvalue weighted by Gasteiger charge is -2.22. The van der Waals surface area contributed by atoms with Crippen molar-refractivity contribution in [2.45, 2.75) is 0 Å². The van der Waals surface area contributed by atoms with Crippen LogP contribution in [0.4, 0.5) is 11.4 Å². The van der Waals surface area contributed by atoms with E-state index in [2.05, 4.69) is 11.6 Å². The van der Waals surface area contributed by atoms with Gasteiger partial charge in [0.05, 0.1) is 11.4 Å². The van der Waals surface area contributed by atoms with Crippen LogP contribution in [-0.2, 0) is 4.79 Å². The third kappa shape index (κ3) is 1.58. The van der Waals surface area contributed by atoms with Crippen molar-refractivity contribution in [3.05, 3.63) is 36.5 Å². The second-order valence-electron chi connectivity index (χ2n) is 3.75. The second kappa shape index (κ2) is 3.81. The first kappa shape index (κ1) is 10.4. The van der Waals surface area contributed by atoms with E-state index in [-0.39, 0.29) is 5.91 Å². The van der Waals surface area contributed by atoms with Gasteiger partial charge in [-0.1, -0.05) is 18.7 Å². The monoisotopic (exact) mass is 215 g/mol. The van der Waals surface area contributed by atoms with Gasteiger partial charge in [0.1, 0.15) is 12.0 Å². The largest absolute Gasteiger partial charge is 0.376 e. The standard InChI is InChI=1S/C12H13N3O/c1-9-12(16)13-8-15(9)11-7-5-4-6-10(11)14(2)3/h4-8H,1H2,2-3H3. The molecule has 0 bridgehead atoms. The highest BCUT2D eigenvalue weighted by atomic mass is 16.2. The number of benzene rings is 1. The molecule has 0 N–H and O–H groups in total. The molecule has 0 aromatic heterocycles. The minimum Gasteiger partial charge on any atom is -0.376 e. The Hall–Kier alpha value is -2.10. The number of hydrogen-bond donors (Lipinski definition) is 0. The van der Waals surface area contributed by atoms with Gasteiger partial charge in [0.2, 0.25) is 0 Å². The molecule has 0 saturated carbocycles. The average Bonchev–Trinajstić information content (AvgIpc) is 2.60. The van der Waals surface area contributed by atoms with Crippen molar-refractivity contribution in [2.24, 2.45) is 4.99 Å². The molecule has 0 unspecified atom stereocenters. The molecule has 1 aliphatic rings. The highest BCUT2D eigenvalue weighted by Gasteiger charge is 2.22. The second-order valence-corrected chi connectivity index (χ2v) is 3.75. The van der Waals surface area contributed by atoms with Gasteiger partial charge in [0, 0.05) is 14.1 Å². The van der Waals surface area contributed by atoms with Crippen LogP contribution in [0.3, 0.4) is 0 Å². The maximum Gasteiger partial charge on any atom is 0.294 e. The Morgan fingerprint density at radius 2 is 2.00 bits per heavy atom. The zero-order valence-corrected chi connectivity index (χ0v) is 9.34. The van der Waals surface area contributed by atoms with Crippen LogP contribution < -0.4 is 9.80 Å². The van der Waals surface area contributed by atoms with Gasteiger partial charge in [-0.05, 0) is 12.1 Å². The topological polar surface area (TPSA) is 35.9 Å². The Kier molecular flexibility index (Phi) is 2.48. The van der Waals surface area contributed by atoms with E-state index in [9.17, 15) is 4.79 Å². The normalized spacial score (nSPS) is 14.8. The van der Waals surface area contributed by atoms with E-state index in [4.69, 9.17) is 0 Å². The van der Waals surface area contributed by atoms with Crippen molar-refractivity contribution < 1.29 is 4.79 Å². The number of carbonyl (C=O) groups is 1. The van der Waals surface area contributed by atoms with Gasteiger partial charge < -0.3 is 4.90 Å². The van der Waals surface area contributed by atoms with E-state index in [1.807, 2.05) is 43.3 Å². The van der Waals surface area contributed by atoms with Crippen LogP contribution in [0.2, 0.25) is 0 Å². The van der Waals surface area contributed by atoms with Crippen molar-refractivity contribution in [3.8, 4) is 0 Å². The first-order chi connectivity index (χ1) is 7.61. The summed E-state index contributed by atoms with van der Waals surface area (Å²) in [6, 6.07) is 7.80. The van der Waals surface area contributed by atoms with Gasteiger partial charge in [0.15, 0.2) is 0 Å². The summed E-state index contributed by atoms with van der Waals surface area (Å²) in [6.07, 6.45) is 1.51. The van der Waals surface area contributed by atoms with E-state index >= 15 is 0 Å². The molecule has 4 heteroatoms. The van der Waals surface area contributed by atoms with Gasteiger partial charge >= 0.3 is 0 Å². The van der Waals surface area contributed by atoms with E-state index in [1.54, 1.807) is 4.90 Å².